The molecule has 0 radical (unpaired) electrons. The van der Waals surface area contributed by atoms with E-state index in [4.69, 9.17) is 16.3 Å². The van der Waals surface area contributed by atoms with Crippen LogP contribution in [0, 0.1) is 0 Å². The van der Waals surface area contributed by atoms with Crippen molar-refractivity contribution in [3.8, 4) is 0 Å². The lowest BCUT2D eigenvalue weighted by Crippen LogP contribution is -2.80. The number of hydrogen-bond acceptors (Lipinski definition) is 2. The Morgan fingerprint density at radius 3 is 2.83 bits per heavy atom. The van der Waals surface area contributed by atoms with Crippen molar-refractivity contribution in [3.05, 3.63) is 0 Å². The molecule has 0 spiro atoms. The topological polar surface area (TPSA) is 95.6 Å². The van der Waals surface area contributed by atoms with Crippen molar-refractivity contribution in [2.45, 2.75) is 6.42 Å². The van der Waals surface area contributed by atoms with Gasteiger partial charge in [0.15, 0.2) is 0 Å². The SMILES string of the molecule is NC(N)=[NH+]CC(=O)N1CCCO1. The van der Waals surface area contributed by atoms with Crippen molar-refractivity contribution in [2.75, 3.05) is 19.7 Å². The lowest BCUT2D eigenvalue weighted by atomic mass is 10.4. The third-order valence-corrected chi connectivity index (χ3v) is 1.47. The molecule has 0 aromatic heterocycles. The van der Waals surface area contributed by atoms with Gasteiger partial charge in [-0.2, -0.15) is 0 Å². The van der Waals surface area contributed by atoms with E-state index in [9.17, 15) is 4.79 Å². The summed E-state index contributed by atoms with van der Waals surface area (Å²) in [5, 5.41) is 1.32. The van der Waals surface area contributed by atoms with Gasteiger partial charge >= 0.3 is 5.96 Å². The van der Waals surface area contributed by atoms with Gasteiger partial charge in [0.1, 0.15) is 6.54 Å². The minimum Gasteiger partial charge on any atom is -0.291 e. The Balaban J connectivity index is 2.32. The third kappa shape index (κ3) is 2.39. The predicted octanol–water partition coefficient (Wildman–Crippen LogP) is -3.50. The van der Waals surface area contributed by atoms with E-state index in [0.29, 0.717) is 13.2 Å². The van der Waals surface area contributed by atoms with Crippen LogP contribution in [-0.4, -0.2) is 36.6 Å². The number of hydroxylamine groups is 2. The van der Waals surface area contributed by atoms with Crippen molar-refractivity contribution in [1.82, 2.24) is 5.06 Å². The third-order valence-electron chi connectivity index (χ3n) is 1.47. The highest BCUT2D eigenvalue weighted by molar-refractivity contribution is 5.77. The van der Waals surface area contributed by atoms with Crippen molar-refractivity contribution in [2.24, 2.45) is 11.5 Å². The Hall–Kier alpha value is -1.30. The summed E-state index contributed by atoms with van der Waals surface area (Å²) in [6.07, 6.45) is 0.883. The summed E-state index contributed by atoms with van der Waals surface area (Å²) >= 11 is 0. The number of hydrogen-bond donors (Lipinski definition) is 3. The lowest BCUT2D eigenvalue weighted by molar-refractivity contribution is -0.449. The summed E-state index contributed by atoms with van der Waals surface area (Å²) in [7, 11) is 0. The zero-order valence-electron chi connectivity index (χ0n) is 6.75. The van der Waals surface area contributed by atoms with Crippen LogP contribution in [0.1, 0.15) is 6.42 Å². The summed E-state index contributed by atoms with van der Waals surface area (Å²) in [4.78, 5) is 18.7. The highest BCUT2D eigenvalue weighted by Gasteiger charge is 2.18. The molecule has 0 atom stereocenters. The second-order valence-electron chi connectivity index (χ2n) is 2.49. The first-order valence-electron chi connectivity index (χ1n) is 3.75. The average Bonchev–Trinajstić information content (AvgIpc) is 2.51. The number of amides is 1. The molecule has 6 nitrogen and oxygen atoms in total. The van der Waals surface area contributed by atoms with Gasteiger partial charge in [0.2, 0.25) is 0 Å². The van der Waals surface area contributed by atoms with Gasteiger partial charge in [-0.15, -0.1) is 0 Å². The molecule has 0 aliphatic carbocycles. The smallest absolute Gasteiger partial charge is 0.291 e. The first-order valence-corrected chi connectivity index (χ1v) is 3.75. The number of nitrogens with one attached hydrogen (secondary N) is 1. The normalized spacial score (nSPS) is 16.2. The highest BCUT2D eigenvalue weighted by Crippen LogP contribution is 2.02. The van der Waals surface area contributed by atoms with E-state index in [1.165, 1.54) is 5.06 Å². The number of nitrogens with two attached hydrogens (primary N) is 2. The molecule has 0 bridgehead atoms. The second-order valence-corrected chi connectivity index (χ2v) is 2.49. The van der Waals surface area contributed by atoms with Gasteiger partial charge in [0.05, 0.1) is 13.2 Å². The zero-order chi connectivity index (χ0) is 8.97. The van der Waals surface area contributed by atoms with Gasteiger partial charge in [0, 0.05) is 0 Å². The maximum Gasteiger partial charge on any atom is 0.339 e. The van der Waals surface area contributed by atoms with Gasteiger partial charge in [0.25, 0.3) is 5.91 Å². The Kier molecular flexibility index (Phi) is 2.87. The molecule has 1 rings (SSSR count). The van der Waals surface area contributed by atoms with Crippen LogP contribution in [0.4, 0.5) is 0 Å². The molecule has 6 heteroatoms. The molecule has 5 N–H and O–H groups in total. The Morgan fingerprint density at radius 1 is 1.58 bits per heavy atom. The van der Waals surface area contributed by atoms with Gasteiger partial charge in [-0.1, -0.05) is 0 Å². The first-order chi connectivity index (χ1) is 5.70. The largest absolute Gasteiger partial charge is 0.339 e. The molecule has 0 aromatic carbocycles. The average molecular weight is 173 g/mol. The van der Waals surface area contributed by atoms with Crippen LogP contribution >= 0.6 is 0 Å². The fourth-order valence-corrected chi connectivity index (χ4v) is 0.910. The maximum atomic E-state index is 11.2. The van der Waals surface area contributed by atoms with E-state index >= 15 is 0 Å². The summed E-state index contributed by atoms with van der Waals surface area (Å²) in [6, 6.07) is 0. The molecule has 1 aliphatic heterocycles. The zero-order valence-corrected chi connectivity index (χ0v) is 6.75. The van der Waals surface area contributed by atoms with E-state index in [2.05, 4.69) is 4.99 Å². The molecule has 0 saturated carbocycles. The Labute approximate surface area is 70.1 Å². The molecule has 0 unspecified atom stereocenters. The van der Waals surface area contributed by atoms with Crippen molar-refractivity contribution >= 4 is 11.9 Å². The molecule has 12 heavy (non-hydrogen) atoms. The van der Waals surface area contributed by atoms with Gasteiger partial charge in [-0.3, -0.25) is 26.1 Å². The molecule has 1 amide bonds. The highest BCUT2D eigenvalue weighted by atomic mass is 16.7. The van der Waals surface area contributed by atoms with Crippen molar-refractivity contribution in [1.29, 1.82) is 0 Å². The van der Waals surface area contributed by atoms with Crippen molar-refractivity contribution in [3.63, 3.8) is 0 Å². The Morgan fingerprint density at radius 2 is 2.33 bits per heavy atom. The quantitative estimate of drug-likeness (QED) is 0.298. The number of nitrogens with zero attached hydrogens (tertiary/aromatic N) is 1. The summed E-state index contributed by atoms with van der Waals surface area (Å²) in [6.45, 7) is 1.33. The predicted molar refractivity (Wildman–Crippen MR) is 41.5 cm³/mol. The number of carbonyl (C=O) groups excluding carboxylic acids is 1. The van der Waals surface area contributed by atoms with Crippen LogP contribution in [0.5, 0.6) is 0 Å². The number of carbonyl (C=O) groups is 1. The van der Waals surface area contributed by atoms with Crippen LogP contribution in [0.3, 0.4) is 0 Å². The minimum atomic E-state index is -0.152. The van der Waals surface area contributed by atoms with Crippen molar-refractivity contribution < 1.29 is 14.6 Å². The van der Waals surface area contributed by atoms with E-state index < -0.39 is 0 Å². The fourth-order valence-electron chi connectivity index (χ4n) is 0.910. The fraction of sp³-hybridized carbons (Fsp3) is 0.667. The molecule has 1 heterocycles. The maximum absolute atomic E-state index is 11.2. The first kappa shape index (κ1) is 8.79. The van der Waals surface area contributed by atoms with Crippen LogP contribution < -0.4 is 16.5 Å². The van der Waals surface area contributed by atoms with E-state index in [0.717, 1.165) is 6.42 Å². The summed E-state index contributed by atoms with van der Waals surface area (Å²) in [5.74, 6) is -0.108. The van der Waals surface area contributed by atoms with Gasteiger partial charge < -0.3 is 0 Å². The van der Waals surface area contributed by atoms with Gasteiger partial charge in [-0.05, 0) is 6.42 Å². The number of rotatable bonds is 2. The molecule has 0 aromatic rings. The molecular weight excluding hydrogens is 160 g/mol. The van der Waals surface area contributed by atoms with Crippen LogP contribution in [0.25, 0.3) is 0 Å². The molecule has 68 valence electrons. The minimum absolute atomic E-state index is 0.0440. The molecule has 1 saturated heterocycles. The van der Waals surface area contributed by atoms with E-state index in [1.54, 1.807) is 0 Å². The standard InChI is InChI=1S/C6H12N4O2/c7-6(8)9-4-5(11)10-2-1-3-12-10/h1-4H2,(H4,7,8,9)/p+1. The van der Waals surface area contributed by atoms with Crippen LogP contribution in [0.2, 0.25) is 0 Å². The lowest BCUT2D eigenvalue weighted by Gasteiger charge is -2.10. The summed E-state index contributed by atoms with van der Waals surface area (Å²) < 4.78 is 0. The molecule has 1 aliphatic rings. The molecule has 1 fully saturated rings. The molecular formula is C6H13N4O2+. The van der Waals surface area contributed by atoms with Gasteiger partial charge in [-0.25, -0.2) is 5.06 Å². The monoisotopic (exact) mass is 173 g/mol. The van der Waals surface area contributed by atoms with E-state index in [1.807, 2.05) is 0 Å². The summed E-state index contributed by atoms with van der Waals surface area (Å²) in [5.41, 5.74) is 10.2. The Bertz CT molecular complexity index is 194. The van der Waals surface area contributed by atoms with Crippen LogP contribution in [0.15, 0.2) is 0 Å². The second kappa shape index (κ2) is 3.91. The van der Waals surface area contributed by atoms with Crippen LogP contribution in [-0.2, 0) is 9.63 Å². The van der Waals surface area contributed by atoms with E-state index in [-0.39, 0.29) is 18.4 Å². The number of guanidine groups is 1.